The third kappa shape index (κ3) is 3.52. The van der Waals surface area contributed by atoms with Crippen molar-refractivity contribution in [2.24, 2.45) is 0 Å². The Hall–Kier alpha value is -1.93. The highest BCUT2D eigenvalue weighted by molar-refractivity contribution is 5.94. The quantitative estimate of drug-likeness (QED) is 0.519. The van der Waals surface area contributed by atoms with Gasteiger partial charge in [0.1, 0.15) is 6.54 Å². The molecule has 8 heteroatoms. The third-order valence-corrected chi connectivity index (χ3v) is 2.91. The van der Waals surface area contributed by atoms with E-state index in [0.29, 0.717) is 18.7 Å². The molecule has 1 aliphatic rings. The second kappa shape index (κ2) is 5.81. The van der Waals surface area contributed by atoms with E-state index in [1.807, 2.05) is 0 Å². The average molecular weight is 267 g/mol. The molecule has 2 unspecified atom stereocenters. The van der Waals surface area contributed by atoms with Crippen molar-refractivity contribution < 1.29 is 14.7 Å². The molecule has 8 nitrogen and oxygen atoms in total. The van der Waals surface area contributed by atoms with Crippen molar-refractivity contribution in [1.82, 2.24) is 20.4 Å². The molecule has 1 fully saturated rings. The molecule has 1 aromatic heterocycles. The molecule has 2 rings (SSSR count). The second-order valence-electron chi connectivity index (χ2n) is 4.44. The molecule has 4 N–H and O–H groups in total. The van der Waals surface area contributed by atoms with Crippen LogP contribution >= 0.6 is 0 Å². The highest BCUT2D eigenvalue weighted by Gasteiger charge is 2.28. The minimum Gasteiger partial charge on any atom is -0.392 e. The van der Waals surface area contributed by atoms with E-state index < -0.39 is 12.1 Å². The zero-order valence-corrected chi connectivity index (χ0v) is 10.6. The monoisotopic (exact) mass is 267 g/mol. The molecule has 0 bridgehead atoms. The van der Waals surface area contributed by atoms with Crippen LogP contribution in [0, 0.1) is 0 Å². The van der Waals surface area contributed by atoms with E-state index in [0.717, 1.165) is 0 Å². The van der Waals surface area contributed by atoms with Gasteiger partial charge in [-0.15, -0.1) is 0 Å². The number of rotatable bonds is 4. The number of nitrogens with one attached hydrogen (secondary N) is 3. The molecule has 1 saturated heterocycles. The Morgan fingerprint density at radius 3 is 3.05 bits per heavy atom. The number of aromatic nitrogens is 2. The fourth-order valence-electron chi connectivity index (χ4n) is 1.89. The molecule has 19 heavy (non-hydrogen) atoms. The number of likely N-dealkylation sites (N-methyl/N-ethyl adjacent to an activating group) is 1. The number of hydrogen-bond acceptors (Lipinski definition) is 5. The Labute approximate surface area is 110 Å². The molecule has 0 radical (unpaired) electrons. The SMILES string of the molecule is CNC(=O)Cn1cc(NC(=O)C2CC(O)CN2)cn1. The van der Waals surface area contributed by atoms with Gasteiger partial charge in [0.15, 0.2) is 0 Å². The van der Waals surface area contributed by atoms with Gasteiger partial charge in [0.05, 0.1) is 24.0 Å². The summed E-state index contributed by atoms with van der Waals surface area (Å²) in [5.41, 5.74) is 0.525. The van der Waals surface area contributed by atoms with Gasteiger partial charge in [-0.2, -0.15) is 5.10 Å². The summed E-state index contributed by atoms with van der Waals surface area (Å²) >= 11 is 0. The van der Waals surface area contributed by atoms with Crippen LogP contribution in [0.1, 0.15) is 6.42 Å². The summed E-state index contributed by atoms with van der Waals surface area (Å²) in [6, 6.07) is -0.391. The van der Waals surface area contributed by atoms with Crippen LogP contribution < -0.4 is 16.0 Å². The Kier molecular flexibility index (Phi) is 4.13. The van der Waals surface area contributed by atoms with Crippen LogP contribution in [0.3, 0.4) is 0 Å². The molecule has 2 heterocycles. The number of carbonyl (C=O) groups is 2. The van der Waals surface area contributed by atoms with Gasteiger partial charge in [0.25, 0.3) is 0 Å². The summed E-state index contributed by atoms with van der Waals surface area (Å²) in [4.78, 5) is 23.0. The van der Waals surface area contributed by atoms with E-state index in [1.54, 1.807) is 13.2 Å². The van der Waals surface area contributed by atoms with Crippen LogP contribution in [-0.4, -0.2) is 52.4 Å². The van der Waals surface area contributed by atoms with Gasteiger partial charge < -0.3 is 21.1 Å². The van der Waals surface area contributed by atoms with Crippen molar-refractivity contribution in [1.29, 1.82) is 0 Å². The number of β-amino-alcohol motifs (C(OH)–C–C–N with tert-alkyl or cyclic N) is 1. The maximum atomic E-state index is 11.8. The van der Waals surface area contributed by atoms with Crippen LogP contribution in [0.2, 0.25) is 0 Å². The average Bonchev–Trinajstić information content (AvgIpc) is 2.98. The molecule has 104 valence electrons. The lowest BCUT2D eigenvalue weighted by Crippen LogP contribution is -2.35. The van der Waals surface area contributed by atoms with Crippen molar-refractivity contribution in [2.75, 3.05) is 18.9 Å². The minimum absolute atomic E-state index is 0.104. The second-order valence-corrected chi connectivity index (χ2v) is 4.44. The molecule has 0 aliphatic carbocycles. The number of anilines is 1. The van der Waals surface area contributed by atoms with E-state index in [2.05, 4.69) is 21.0 Å². The van der Waals surface area contributed by atoms with Gasteiger partial charge in [0, 0.05) is 19.8 Å². The van der Waals surface area contributed by atoms with Gasteiger partial charge >= 0.3 is 0 Å². The fraction of sp³-hybridized carbons (Fsp3) is 0.545. The topological polar surface area (TPSA) is 108 Å². The zero-order valence-electron chi connectivity index (χ0n) is 10.6. The number of amides is 2. The molecule has 1 aromatic rings. The number of aliphatic hydroxyl groups is 1. The Morgan fingerprint density at radius 1 is 1.63 bits per heavy atom. The first kappa shape index (κ1) is 13.5. The molecule has 0 saturated carbocycles. The van der Waals surface area contributed by atoms with E-state index in [-0.39, 0.29) is 18.4 Å². The number of nitrogens with zero attached hydrogens (tertiary/aromatic N) is 2. The van der Waals surface area contributed by atoms with Gasteiger partial charge in [-0.1, -0.05) is 0 Å². The number of hydrogen-bond donors (Lipinski definition) is 4. The Bertz CT molecular complexity index is 473. The first-order valence-electron chi connectivity index (χ1n) is 6.04. The highest BCUT2D eigenvalue weighted by Crippen LogP contribution is 2.10. The zero-order chi connectivity index (χ0) is 13.8. The van der Waals surface area contributed by atoms with Crippen molar-refractivity contribution >= 4 is 17.5 Å². The van der Waals surface area contributed by atoms with Gasteiger partial charge in [0.2, 0.25) is 11.8 Å². The van der Waals surface area contributed by atoms with Crippen LogP contribution in [-0.2, 0) is 16.1 Å². The predicted octanol–water partition coefficient (Wildman–Crippen LogP) is -1.71. The molecule has 1 aliphatic heterocycles. The Balaban J connectivity index is 1.89. The molecule has 0 aromatic carbocycles. The third-order valence-electron chi connectivity index (χ3n) is 2.91. The molecule has 2 atom stereocenters. The smallest absolute Gasteiger partial charge is 0.241 e. The highest BCUT2D eigenvalue weighted by atomic mass is 16.3. The fourth-order valence-corrected chi connectivity index (χ4v) is 1.89. The molecule has 0 spiro atoms. The maximum absolute atomic E-state index is 11.8. The lowest BCUT2D eigenvalue weighted by Gasteiger charge is -2.09. The van der Waals surface area contributed by atoms with Crippen LogP contribution in [0.25, 0.3) is 0 Å². The van der Waals surface area contributed by atoms with Crippen LogP contribution in [0.15, 0.2) is 12.4 Å². The van der Waals surface area contributed by atoms with E-state index in [9.17, 15) is 14.7 Å². The number of carbonyl (C=O) groups excluding carboxylic acids is 2. The van der Waals surface area contributed by atoms with Gasteiger partial charge in [-0.25, -0.2) is 0 Å². The summed E-state index contributed by atoms with van der Waals surface area (Å²) in [6.07, 6.45) is 2.98. The predicted molar refractivity (Wildman–Crippen MR) is 67.3 cm³/mol. The van der Waals surface area contributed by atoms with Gasteiger partial charge in [-0.3, -0.25) is 14.3 Å². The minimum atomic E-state index is -0.480. The summed E-state index contributed by atoms with van der Waals surface area (Å²) in [7, 11) is 1.55. The lowest BCUT2D eigenvalue weighted by atomic mass is 10.2. The largest absolute Gasteiger partial charge is 0.392 e. The summed E-state index contributed by atoms with van der Waals surface area (Å²) in [5, 5.41) is 21.4. The summed E-state index contributed by atoms with van der Waals surface area (Å²) in [5.74, 6) is -0.377. The van der Waals surface area contributed by atoms with E-state index >= 15 is 0 Å². The van der Waals surface area contributed by atoms with Gasteiger partial charge in [-0.05, 0) is 6.42 Å². The lowest BCUT2D eigenvalue weighted by molar-refractivity contribution is -0.121. The summed E-state index contributed by atoms with van der Waals surface area (Å²) < 4.78 is 1.44. The van der Waals surface area contributed by atoms with Crippen molar-refractivity contribution in [2.45, 2.75) is 25.1 Å². The molecular formula is C11H17N5O3. The standard InChI is InChI=1S/C11H17N5O3/c1-12-10(18)6-16-5-7(3-14-16)15-11(19)9-2-8(17)4-13-9/h3,5,8-9,13,17H,2,4,6H2,1H3,(H,12,18)(H,15,19). The van der Waals surface area contributed by atoms with Crippen molar-refractivity contribution in [3.05, 3.63) is 12.4 Å². The number of aliphatic hydroxyl groups excluding tert-OH is 1. The maximum Gasteiger partial charge on any atom is 0.241 e. The molecule has 2 amide bonds. The first-order valence-corrected chi connectivity index (χ1v) is 6.04. The van der Waals surface area contributed by atoms with E-state index in [1.165, 1.54) is 10.9 Å². The van der Waals surface area contributed by atoms with Crippen molar-refractivity contribution in [3.63, 3.8) is 0 Å². The van der Waals surface area contributed by atoms with Crippen LogP contribution in [0.5, 0.6) is 0 Å². The van der Waals surface area contributed by atoms with Crippen molar-refractivity contribution in [3.8, 4) is 0 Å². The normalized spacial score (nSPS) is 22.2. The Morgan fingerprint density at radius 2 is 2.42 bits per heavy atom. The van der Waals surface area contributed by atoms with Crippen LogP contribution in [0.4, 0.5) is 5.69 Å². The first-order chi connectivity index (χ1) is 9.08. The molecular weight excluding hydrogens is 250 g/mol. The summed E-state index contributed by atoms with van der Waals surface area (Å²) in [6.45, 7) is 0.529. The van der Waals surface area contributed by atoms with E-state index in [4.69, 9.17) is 0 Å².